The van der Waals surface area contributed by atoms with Crippen LogP contribution in [0.4, 0.5) is 5.69 Å². The number of benzene rings is 3. The summed E-state index contributed by atoms with van der Waals surface area (Å²) in [5, 5.41) is 1.43. The first-order valence-corrected chi connectivity index (χ1v) is 10.5. The van der Waals surface area contributed by atoms with Crippen LogP contribution < -0.4 is 10.5 Å². The minimum Gasteiger partial charge on any atom is -0.322 e. The van der Waals surface area contributed by atoms with Crippen molar-refractivity contribution in [3.63, 3.8) is 0 Å². The van der Waals surface area contributed by atoms with Crippen molar-refractivity contribution in [3.8, 4) is 0 Å². The molecule has 4 nitrogen and oxygen atoms in total. The zero-order valence-corrected chi connectivity index (χ0v) is 18.5. The number of H-pyrrole nitrogens is 1. The van der Waals surface area contributed by atoms with Crippen molar-refractivity contribution in [2.24, 2.45) is 0 Å². The highest BCUT2D eigenvalue weighted by Gasteiger charge is 2.22. The van der Waals surface area contributed by atoms with Gasteiger partial charge < -0.3 is 9.88 Å². The second-order valence-electron chi connectivity index (χ2n) is 7.91. The number of hydrogen-bond donors (Lipinski definition) is 1. The Labute approximate surface area is 186 Å². The summed E-state index contributed by atoms with van der Waals surface area (Å²) in [7, 11) is 0. The first kappa shape index (κ1) is 20.9. The lowest BCUT2D eigenvalue weighted by atomic mass is 10.1. The van der Waals surface area contributed by atoms with Crippen LogP contribution in [0.1, 0.15) is 32.6 Å². The van der Waals surface area contributed by atoms with Crippen LogP contribution in [0.15, 0.2) is 71.5 Å². The number of fused-ring (bicyclic) bond motifs is 1. The van der Waals surface area contributed by atoms with Gasteiger partial charge in [0, 0.05) is 27.4 Å². The van der Waals surface area contributed by atoms with E-state index in [-0.39, 0.29) is 18.0 Å². The van der Waals surface area contributed by atoms with E-state index in [0.717, 1.165) is 33.3 Å². The fraction of sp³-hybridized carbons (Fsp3) is 0.154. The zero-order valence-electron chi connectivity index (χ0n) is 17.7. The number of hydrogen-bond acceptors (Lipinski definition) is 2. The molecule has 0 radical (unpaired) electrons. The van der Waals surface area contributed by atoms with Crippen molar-refractivity contribution in [3.05, 3.63) is 110 Å². The molecule has 1 amide bonds. The number of nitrogens with zero attached hydrogens (tertiary/aromatic N) is 1. The average molecular weight is 431 g/mol. The van der Waals surface area contributed by atoms with Crippen LogP contribution in [-0.2, 0) is 6.54 Å². The van der Waals surface area contributed by atoms with Crippen LogP contribution in [0.2, 0.25) is 5.02 Å². The fourth-order valence-corrected chi connectivity index (χ4v) is 3.90. The number of aromatic nitrogens is 1. The maximum atomic E-state index is 13.5. The van der Waals surface area contributed by atoms with Crippen molar-refractivity contribution in [2.45, 2.75) is 27.3 Å². The number of aromatic amines is 1. The van der Waals surface area contributed by atoms with Crippen LogP contribution in [0, 0.1) is 20.8 Å². The highest BCUT2D eigenvalue weighted by atomic mass is 35.5. The maximum absolute atomic E-state index is 13.5. The smallest absolute Gasteiger partial charge is 0.258 e. The molecular weight excluding hydrogens is 408 g/mol. The number of rotatable bonds is 4. The third-order valence-electron chi connectivity index (χ3n) is 5.38. The second kappa shape index (κ2) is 8.40. The Kier molecular flexibility index (Phi) is 5.66. The summed E-state index contributed by atoms with van der Waals surface area (Å²) in [4.78, 5) is 31.0. The Hall–Kier alpha value is -3.37. The van der Waals surface area contributed by atoms with Crippen molar-refractivity contribution in [1.29, 1.82) is 0 Å². The molecule has 0 aliphatic carbocycles. The molecule has 4 aromatic rings. The van der Waals surface area contributed by atoms with Crippen LogP contribution in [0.5, 0.6) is 0 Å². The van der Waals surface area contributed by atoms with E-state index in [1.165, 1.54) is 0 Å². The summed E-state index contributed by atoms with van der Waals surface area (Å²) in [5.74, 6) is -0.208. The standard InChI is InChI=1S/C26H23ClN2O2/c1-16-8-10-23-20(11-16)13-21(25(30)28-23)15-29(24-12-17(2)7-9-18(24)3)26(31)19-5-4-6-22(27)14-19/h4-14H,15H2,1-3H3,(H,28,30). The molecule has 4 rings (SSSR count). The van der Waals surface area contributed by atoms with E-state index in [1.54, 1.807) is 29.2 Å². The van der Waals surface area contributed by atoms with Gasteiger partial charge in [-0.2, -0.15) is 0 Å². The van der Waals surface area contributed by atoms with E-state index in [2.05, 4.69) is 4.98 Å². The largest absolute Gasteiger partial charge is 0.322 e. The molecule has 0 fully saturated rings. The molecule has 0 unspecified atom stereocenters. The van der Waals surface area contributed by atoms with E-state index in [1.807, 2.05) is 63.2 Å². The molecule has 3 aromatic carbocycles. The van der Waals surface area contributed by atoms with Gasteiger partial charge in [0.05, 0.1) is 6.54 Å². The monoisotopic (exact) mass is 430 g/mol. The van der Waals surface area contributed by atoms with Crippen LogP contribution in [-0.4, -0.2) is 10.9 Å². The molecule has 31 heavy (non-hydrogen) atoms. The molecule has 1 aromatic heterocycles. The topological polar surface area (TPSA) is 53.2 Å². The third-order valence-corrected chi connectivity index (χ3v) is 5.61. The summed E-state index contributed by atoms with van der Waals surface area (Å²) >= 11 is 6.14. The lowest BCUT2D eigenvalue weighted by Gasteiger charge is -2.25. The Bertz CT molecular complexity index is 1360. The maximum Gasteiger partial charge on any atom is 0.258 e. The molecule has 0 spiro atoms. The molecule has 0 bridgehead atoms. The van der Waals surface area contributed by atoms with Crippen LogP contribution in [0.25, 0.3) is 10.9 Å². The van der Waals surface area contributed by atoms with Gasteiger partial charge in [0.2, 0.25) is 0 Å². The predicted octanol–water partition coefficient (Wildman–Crippen LogP) is 5.95. The Morgan fingerprint density at radius 2 is 1.68 bits per heavy atom. The summed E-state index contributed by atoms with van der Waals surface area (Å²) in [5.41, 5.74) is 5.43. The lowest BCUT2D eigenvalue weighted by Crippen LogP contribution is -2.33. The first-order chi connectivity index (χ1) is 14.8. The molecule has 0 aliphatic heterocycles. The van der Waals surface area contributed by atoms with Gasteiger partial charge in [0.1, 0.15) is 0 Å². The summed E-state index contributed by atoms with van der Waals surface area (Å²) in [6.07, 6.45) is 0. The predicted molar refractivity (Wildman–Crippen MR) is 127 cm³/mol. The Balaban J connectivity index is 1.84. The van der Waals surface area contributed by atoms with Crippen molar-refractivity contribution in [2.75, 3.05) is 4.90 Å². The van der Waals surface area contributed by atoms with Gasteiger partial charge in [-0.3, -0.25) is 9.59 Å². The summed E-state index contributed by atoms with van der Waals surface area (Å²) < 4.78 is 0. The van der Waals surface area contributed by atoms with E-state index < -0.39 is 0 Å². The minimum absolute atomic E-state index is 0.148. The molecule has 156 valence electrons. The quantitative estimate of drug-likeness (QED) is 0.434. The van der Waals surface area contributed by atoms with Gasteiger partial charge in [-0.15, -0.1) is 0 Å². The third kappa shape index (κ3) is 4.39. The molecular formula is C26H23ClN2O2. The van der Waals surface area contributed by atoms with Gasteiger partial charge in [-0.05, 0) is 79.7 Å². The number of carbonyl (C=O) groups excluding carboxylic acids is 1. The minimum atomic E-state index is -0.208. The summed E-state index contributed by atoms with van der Waals surface area (Å²) in [6, 6.07) is 20.6. The zero-order chi connectivity index (χ0) is 22.1. The number of carbonyl (C=O) groups is 1. The van der Waals surface area contributed by atoms with Crippen molar-refractivity contribution < 1.29 is 4.79 Å². The van der Waals surface area contributed by atoms with E-state index >= 15 is 0 Å². The molecule has 0 saturated heterocycles. The van der Waals surface area contributed by atoms with Gasteiger partial charge in [-0.1, -0.05) is 41.4 Å². The molecule has 1 N–H and O–H groups in total. The average Bonchev–Trinajstić information content (AvgIpc) is 2.74. The van der Waals surface area contributed by atoms with Gasteiger partial charge in [0.15, 0.2) is 0 Å². The van der Waals surface area contributed by atoms with Gasteiger partial charge in [0.25, 0.3) is 11.5 Å². The van der Waals surface area contributed by atoms with Gasteiger partial charge >= 0.3 is 0 Å². The number of pyridine rings is 1. The number of halogens is 1. The van der Waals surface area contributed by atoms with Crippen LogP contribution >= 0.6 is 11.6 Å². The molecule has 1 heterocycles. The van der Waals surface area contributed by atoms with E-state index in [9.17, 15) is 9.59 Å². The van der Waals surface area contributed by atoms with E-state index in [4.69, 9.17) is 11.6 Å². The SMILES string of the molecule is Cc1ccc(C)c(N(Cc2cc3cc(C)ccc3[nH]c2=O)C(=O)c2cccc(Cl)c2)c1. The molecule has 0 saturated carbocycles. The number of aryl methyl sites for hydroxylation is 3. The fourth-order valence-electron chi connectivity index (χ4n) is 3.71. The number of amides is 1. The van der Waals surface area contributed by atoms with Gasteiger partial charge in [-0.25, -0.2) is 0 Å². The second-order valence-corrected chi connectivity index (χ2v) is 8.34. The van der Waals surface area contributed by atoms with Crippen molar-refractivity contribution in [1.82, 2.24) is 4.98 Å². The molecule has 0 atom stereocenters. The normalized spacial score (nSPS) is 11.0. The highest BCUT2D eigenvalue weighted by molar-refractivity contribution is 6.31. The first-order valence-electron chi connectivity index (χ1n) is 10.1. The van der Waals surface area contributed by atoms with Crippen LogP contribution in [0.3, 0.4) is 0 Å². The Morgan fingerprint density at radius 1 is 0.935 bits per heavy atom. The highest BCUT2D eigenvalue weighted by Crippen LogP contribution is 2.26. The lowest BCUT2D eigenvalue weighted by molar-refractivity contribution is 0.0985. The van der Waals surface area contributed by atoms with Crippen molar-refractivity contribution >= 4 is 34.1 Å². The van der Waals surface area contributed by atoms with E-state index in [0.29, 0.717) is 16.1 Å². The number of nitrogens with one attached hydrogen (secondary N) is 1. The summed E-state index contributed by atoms with van der Waals surface area (Å²) in [6.45, 7) is 6.10. The molecule has 0 aliphatic rings. The molecule has 5 heteroatoms. The Morgan fingerprint density at radius 3 is 2.45 bits per heavy atom. The number of anilines is 1.